The Morgan fingerprint density at radius 1 is 1.14 bits per heavy atom. The van der Waals surface area contributed by atoms with Crippen molar-refractivity contribution < 1.29 is 4.79 Å². The molecule has 0 fully saturated rings. The van der Waals surface area contributed by atoms with Crippen molar-refractivity contribution in [1.29, 1.82) is 0 Å². The van der Waals surface area contributed by atoms with E-state index < -0.39 is 0 Å². The Labute approximate surface area is 138 Å². The third-order valence-corrected chi connectivity index (χ3v) is 4.54. The fourth-order valence-corrected chi connectivity index (χ4v) is 2.73. The molecule has 1 amide bonds. The van der Waals surface area contributed by atoms with Crippen LogP contribution in [0.15, 0.2) is 57.9 Å². The molecule has 0 bridgehead atoms. The van der Waals surface area contributed by atoms with Gasteiger partial charge in [-0.1, -0.05) is 40.2 Å². The smallest absolute Gasteiger partial charge is 0.224 e. The van der Waals surface area contributed by atoms with Crippen LogP contribution in [0.2, 0.25) is 0 Å². The number of hydrogen-bond donors (Lipinski definition) is 1. The molecule has 2 nitrogen and oxygen atoms in total. The van der Waals surface area contributed by atoms with Gasteiger partial charge in [-0.25, -0.2) is 0 Å². The van der Waals surface area contributed by atoms with E-state index in [1.54, 1.807) is 11.8 Å². The van der Waals surface area contributed by atoms with E-state index in [-0.39, 0.29) is 11.9 Å². The molecule has 110 valence electrons. The molecule has 0 aliphatic heterocycles. The van der Waals surface area contributed by atoms with Crippen LogP contribution in [0.4, 0.5) is 0 Å². The number of amides is 1. The van der Waals surface area contributed by atoms with Gasteiger partial charge in [-0.3, -0.25) is 4.79 Å². The molecule has 1 atom stereocenters. The van der Waals surface area contributed by atoms with Crippen LogP contribution in [0.1, 0.15) is 24.1 Å². The second-order valence-corrected chi connectivity index (χ2v) is 6.66. The third kappa shape index (κ3) is 4.90. The van der Waals surface area contributed by atoms with Crippen molar-refractivity contribution in [2.24, 2.45) is 0 Å². The van der Waals surface area contributed by atoms with Crippen molar-refractivity contribution in [3.63, 3.8) is 0 Å². The summed E-state index contributed by atoms with van der Waals surface area (Å²) in [6, 6.07) is 16.1. The minimum absolute atomic E-state index is 0.0175. The van der Waals surface area contributed by atoms with Gasteiger partial charge in [0.2, 0.25) is 5.91 Å². The molecule has 1 unspecified atom stereocenters. The Morgan fingerprint density at radius 2 is 1.76 bits per heavy atom. The standard InChI is InChI=1S/C17H18BrNOS/c1-12(14-5-9-16(21-2)10-6-14)19-17(20)11-13-3-7-15(18)8-4-13/h3-10,12H,11H2,1-2H3,(H,19,20). The van der Waals surface area contributed by atoms with E-state index in [0.29, 0.717) is 6.42 Å². The van der Waals surface area contributed by atoms with Gasteiger partial charge in [-0.2, -0.15) is 0 Å². The van der Waals surface area contributed by atoms with E-state index in [1.807, 2.05) is 31.2 Å². The molecule has 2 aromatic carbocycles. The highest BCUT2D eigenvalue weighted by Gasteiger charge is 2.10. The van der Waals surface area contributed by atoms with E-state index >= 15 is 0 Å². The molecule has 1 N–H and O–H groups in total. The summed E-state index contributed by atoms with van der Waals surface area (Å²) in [4.78, 5) is 13.3. The number of benzene rings is 2. The zero-order valence-electron chi connectivity index (χ0n) is 12.1. The second kappa shape index (κ2) is 7.66. The molecule has 0 aliphatic rings. The maximum absolute atomic E-state index is 12.1. The van der Waals surface area contributed by atoms with Crippen molar-refractivity contribution in [3.8, 4) is 0 Å². The topological polar surface area (TPSA) is 29.1 Å². The highest BCUT2D eigenvalue weighted by molar-refractivity contribution is 9.10. The molecule has 0 spiro atoms. The minimum Gasteiger partial charge on any atom is -0.349 e. The van der Waals surface area contributed by atoms with Crippen molar-refractivity contribution in [2.75, 3.05) is 6.26 Å². The van der Waals surface area contributed by atoms with E-state index in [2.05, 4.69) is 51.8 Å². The lowest BCUT2D eigenvalue weighted by Crippen LogP contribution is -2.28. The average molecular weight is 364 g/mol. The van der Waals surface area contributed by atoms with Gasteiger partial charge in [0.15, 0.2) is 0 Å². The monoisotopic (exact) mass is 363 g/mol. The summed E-state index contributed by atoms with van der Waals surface area (Å²) in [5.74, 6) is 0.0405. The van der Waals surface area contributed by atoms with Crippen molar-refractivity contribution in [3.05, 3.63) is 64.1 Å². The highest BCUT2D eigenvalue weighted by Crippen LogP contribution is 2.19. The van der Waals surface area contributed by atoms with Crippen LogP contribution in [0, 0.1) is 0 Å². The van der Waals surface area contributed by atoms with Crippen LogP contribution in [0.3, 0.4) is 0 Å². The molecule has 0 saturated heterocycles. The normalized spacial score (nSPS) is 12.0. The van der Waals surface area contributed by atoms with Crippen LogP contribution in [0.5, 0.6) is 0 Å². The molecule has 0 radical (unpaired) electrons. The van der Waals surface area contributed by atoms with E-state index in [9.17, 15) is 4.79 Å². The molecule has 21 heavy (non-hydrogen) atoms. The van der Waals surface area contributed by atoms with Crippen LogP contribution < -0.4 is 5.32 Å². The lowest BCUT2D eigenvalue weighted by atomic mass is 10.1. The van der Waals surface area contributed by atoms with Gasteiger partial charge in [0.05, 0.1) is 12.5 Å². The summed E-state index contributed by atoms with van der Waals surface area (Å²) in [6.45, 7) is 2.01. The van der Waals surface area contributed by atoms with E-state index in [0.717, 1.165) is 15.6 Å². The molecular weight excluding hydrogens is 346 g/mol. The molecule has 0 saturated carbocycles. The Balaban J connectivity index is 1.93. The zero-order chi connectivity index (χ0) is 15.2. The quantitative estimate of drug-likeness (QED) is 0.787. The largest absolute Gasteiger partial charge is 0.349 e. The fraction of sp³-hybridized carbons (Fsp3) is 0.235. The lowest BCUT2D eigenvalue weighted by molar-refractivity contribution is -0.121. The maximum atomic E-state index is 12.1. The van der Waals surface area contributed by atoms with Crippen molar-refractivity contribution in [2.45, 2.75) is 24.3 Å². The summed E-state index contributed by atoms with van der Waals surface area (Å²) >= 11 is 5.11. The molecule has 0 heterocycles. The van der Waals surface area contributed by atoms with Gasteiger partial charge in [0.1, 0.15) is 0 Å². The van der Waals surface area contributed by atoms with Gasteiger partial charge < -0.3 is 5.32 Å². The predicted molar refractivity (Wildman–Crippen MR) is 92.6 cm³/mol. The number of rotatable bonds is 5. The first-order valence-electron chi connectivity index (χ1n) is 6.76. The van der Waals surface area contributed by atoms with E-state index in [4.69, 9.17) is 0 Å². The Kier molecular flexibility index (Phi) is 5.88. The van der Waals surface area contributed by atoms with Crippen LogP contribution in [0.25, 0.3) is 0 Å². The number of nitrogens with one attached hydrogen (secondary N) is 1. The van der Waals surface area contributed by atoms with E-state index in [1.165, 1.54) is 4.90 Å². The highest BCUT2D eigenvalue weighted by atomic mass is 79.9. The number of carbonyl (C=O) groups excluding carboxylic acids is 1. The molecule has 0 aromatic heterocycles. The SMILES string of the molecule is CSc1ccc(C(C)NC(=O)Cc2ccc(Br)cc2)cc1. The first kappa shape index (κ1) is 16.1. The fourth-order valence-electron chi connectivity index (χ4n) is 2.06. The van der Waals surface area contributed by atoms with Gasteiger partial charge in [-0.05, 0) is 48.6 Å². The summed E-state index contributed by atoms with van der Waals surface area (Å²) in [6.07, 6.45) is 2.46. The first-order valence-corrected chi connectivity index (χ1v) is 8.78. The summed E-state index contributed by atoms with van der Waals surface area (Å²) in [5.41, 5.74) is 2.14. The van der Waals surface area contributed by atoms with Gasteiger partial charge in [0.25, 0.3) is 0 Å². The lowest BCUT2D eigenvalue weighted by Gasteiger charge is -2.15. The predicted octanol–water partition coefficient (Wildman–Crippen LogP) is 4.59. The molecule has 2 rings (SSSR count). The van der Waals surface area contributed by atoms with Gasteiger partial charge in [-0.15, -0.1) is 11.8 Å². The Bertz CT molecular complexity index is 595. The first-order chi connectivity index (χ1) is 10.1. The average Bonchev–Trinajstić information content (AvgIpc) is 2.49. The minimum atomic E-state index is 0.0175. The number of hydrogen-bond acceptors (Lipinski definition) is 2. The van der Waals surface area contributed by atoms with Crippen LogP contribution >= 0.6 is 27.7 Å². The number of carbonyl (C=O) groups is 1. The summed E-state index contributed by atoms with van der Waals surface area (Å²) < 4.78 is 1.02. The van der Waals surface area contributed by atoms with Crippen molar-refractivity contribution in [1.82, 2.24) is 5.32 Å². The molecule has 4 heteroatoms. The van der Waals surface area contributed by atoms with Gasteiger partial charge >= 0.3 is 0 Å². The Hall–Kier alpha value is -1.26. The van der Waals surface area contributed by atoms with Crippen molar-refractivity contribution >= 4 is 33.6 Å². The molecule has 2 aromatic rings. The van der Waals surface area contributed by atoms with Crippen LogP contribution in [-0.2, 0) is 11.2 Å². The summed E-state index contributed by atoms with van der Waals surface area (Å²) in [7, 11) is 0. The number of thioether (sulfide) groups is 1. The Morgan fingerprint density at radius 3 is 2.33 bits per heavy atom. The van der Waals surface area contributed by atoms with Gasteiger partial charge in [0, 0.05) is 9.37 Å². The number of halogens is 1. The maximum Gasteiger partial charge on any atom is 0.224 e. The third-order valence-electron chi connectivity index (χ3n) is 3.27. The zero-order valence-corrected chi connectivity index (χ0v) is 14.5. The molecule has 0 aliphatic carbocycles. The second-order valence-electron chi connectivity index (χ2n) is 4.87. The van der Waals surface area contributed by atoms with Crippen LogP contribution in [-0.4, -0.2) is 12.2 Å². The molecular formula is C17H18BrNOS. The summed E-state index contributed by atoms with van der Waals surface area (Å²) in [5, 5.41) is 3.04.